The van der Waals surface area contributed by atoms with Gasteiger partial charge in [-0.2, -0.15) is 0 Å². The standard InChI is InChI=1S/C15H12O5/c1-2-3-4-5-6-9-7-10(16)13-12(20-9)8-11(17)14(18)15(13)19/h2-8,17-19H,1H2/b4-3-,6-5+. The van der Waals surface area contributed by atoms with Crippen molar-refractivity contribution in [3.63, 3.8) is 0 Å². The maximum absolute atomic E-state index is 11.9. The fraction of sp³-hybridized carbons (Fsp3) is 0. The third-order valence-electron chi connectivity index (χ3n) is 2.58. The average Bonchev–Trinajstić information content (AvgIpc) is 2.40. The second-order valence-corrected chi connectivity index (χ2v) is 3.96. The van der Waals surface area contributed by atoms with Crippen molar-refractivity contribution in [1.29, 1.82) is 0 Å². The second-order valence-electron chi connectivity index (χ2n) is 3.96. The molecule has 0 radical (unpaired) electrons. The Hall–Kier alpha value is -2.95. The Morgan fingerprint density at radius 1 is 1.05 bits per heavy atom. The van der Waals surface area contributed by atoms with Gasteiger partial charge in [-0.3, -0.25) is 4.79 Å². The van der Waals surface area contributed by atoms with Gasteiger partial charge in [0.25, 0.3) is 0 Å². The summed E-state index contributed by atoms with van der Waals surface area (Å²) in [6.07, 6.45) is 8.18. The molecule has 0 spiro atoms. The predicted molar refractivity (Wildman–Crippen MR) is 75.8 cm³/mol. The predicted octanol–water partition coefficient (Wildman–Crippen LogP) is 2.67. The third-order valence-corrected chi connectivity index (χ3v) is 2.58. The van der Waals surface area contributed by atoms with Crippen LogP contribution in [0.15, 0.2) is 52.2 Å². The number of fused-ring (bicyclic) bond motifs is 1. The van der Waals surface area contributed by atoms with Crippen molar-refractivity contribution in [2.75, 3.05) is 0 Å². The SMILES string of the molecule is C=C/C=C\C=C\c1cc(=O)c2c(O)c(O)c(O)cc2o1. The molecule has 0 saturated carbocycles. The van der Waals surface area contributed by atoms with E-state index in [2.05, 4.69) is 6.58 Å². The number of phenols is 3. The van der Waals surface area contributed by atoms with E-state index >= 15 is 0 Å². The first-order valence-corrected chi connectivity index (χ1v) is 5.72. The summed E-state index contributed by atoms with van der Waals surface area (Å²) in [6.45, 7) is 3.51. The number of hydrogen-bond acceptors (Lipinski definition) is 5. The first-order valence-electron chi connectivity index (χ1n) is 5.72. The Bertz CT molecular complexity index is 781. The summed E-state index contributed by atoms with van der Waals surface area (Å²) in [7, 11) is 0. The molecule has 0 atom stereocenters. The van der Waals surface area contributed by atoms with Crippen molar-refractivity contribution in [3.05, 3.63) is 59.0 Å². The van der Waals surface area contributed by atoms with E-state index in [9.17, 15) is 20.1 Å². The smallest absolute Gasteiger partial charge is 0.201 e. The van der Waals surface area contributed by atoms with Gasteiger partial charge in [0.05, 0.1) is 0 Å². The van der Waals surface area contributed by atoms with Crippen LogP contribution in [-0.4, -0.2) is 15.3 Å². The lowest BCUT2D eigenvalue weighted by molar-refractivity contribution is 0.370. The molecule has 5 heteroatoms. The molecule has 20 heavy (non-hydrogen) atoms. The number of hydrogen-bond donors (Lipinski definition) is 3. The number of allylic oxidation sites excluding steroid dienone is 4. The van der Waals surface area contributed by atoms with E-state index in [1.54, 1.807) is 30.4 Å². The lowest BCUT2D eigenvalue weighted by atomic mass is 10.1. The summed E-state index contributed by atoms with van der Waals surface area (Å²) >= 11 is 0. The molecule has 1 aromatic heterocycles. The molecule has 5 nitrogen and oxygen atoms in total. The molecule has 0 aliphatic carbocycles. The van der Waals surface area contributed by atoms with Gasteiger partial charge in [0.15, 0.2) is 16.9 Å². The highest BCUT2D eigenvalue weighted by Gasteiger charge is 2.16. The Balaban J connectivity index is 2.61. The Labute approximate surface area is 114 Å². The quantitative estimate of drug-likeness (QED) is 0.590. The molecule has 2 aromatic rings. The van der Waals surface area contributed by atoms with Crippen LogP contribution in [0.2, 0.25) is 0 Å². The van der Waals surface area contributed by atoms with Gasteiger partial charge in [0.2, 0.25) is 5.75 Å². The van der Waals surface area contributed by atoms with Crippen molar-refractivity contribution >= 4 is 17.0 Å². The average molecular weight is 272 g/mol. The molecule has 0 aliphatic heterocycles. The molecule has 102 valence electrons. The van der Waals surface area contributed by atoms with Crippen LogP contribution in [0.25, 0.3) is 17.0 Å². The molecule has 0 amide bonds. The van der Waals surface area contributed by atoms with E-state index in [-0.39, 0.29) is 16.7 Å². The van der Waals surface area contributed by atoms with Crippen LogP contribution in [-0.2, 0) is 0 Å². The minimum atomic E-state index is -0.748. The number of phenolic OH excluding ortho intramolecular Hbond substituents is 3. The van der Waals surface area contributed by atoms with Crippen LogP contribution in [0.3, 0.4) is 0 Å². The molecule has 0 bridgehead atoms. The third kappa shape index (κ3) is 2.42. The van der Waals surface area contributed by atoms with Crippen LogP contribution in [0.5, 0.6) is 17.2 Å². The number of rotatable bonds is 3. The molecular weight excluding hydrogens is 260 g/mol. The summed E-state index contributed by atoms with van der Waals surface area (Å²) < 4.78 is 5.36. The van der Waals surface area contributed by atoms with Crippen molar-refractivity contribution < 1.29 is 19.7 Å². The molecule has 0 unspecified atom stereocenters. The van der Waals surface area contributed by atoms with Crippen molar-refractivity contribution in [2.45, 2.75) is 0 Å². The largest absolute Gasteiger partial charge is 0.504 e. The first kappa shape index (κ1) is 13.5. The van der Waals surface area contributed by atoms with Gasteiger partial charge in [-0.1, -0.05) is 30.9 Å². The van der Waals surface area contributed by atoms with Gasteiger partial charge in [-0.15, -0.1) is 0 Å². The maximum atomic E-state index is 11.9. The first-order chi connectivity index (χ1) is 9.54. The Morgan fingerprint density at radius 2 is 1.80 bits per heavy atom. The van der Waals surface area contributed by atoms with Crippen LogP contribution in [0.4, 0.5) is 0 Å². The molecule has 1 heterocycles. The molecule has 1 aromatic carbocycles. The van der Waals surface area contributed by atoms with E-state index in [1.807, 2.05) is 0 Å². The molecular formula is C15H12O5. The molecule has 2 rings (SSSR count). The van der Waals surface area contributed by atoms with Crippen LogP contribution < -0.4 is 5.43 Å². The summed E-state index contributed by atoms with van der Waals surface area (Å²) in [4.78, 5) is 11.9. The summed E-state index contributed by atoms with van der Waals surface area (Å²) in [5.41, 5.74) is -0.538. The minimum absolute atomic E-state index is 0.0161. The van der Waals surface area contributed by atoms with Crippen LogP contribution in [0.1, 0.15) is 5.76 Å². The van der Waals surface area contributed by atoms with Crippen molar-refractivity contribution in [1.82, 2.24) is 0 Å². The van der Waals surface area contributed by atoms with E-state index in [0.717, 1.165) is 6.07 Å². The number of benzene rings is 1. The van der Waals surface area contributed by atoms with E-state index in [0.29, 0.717) is 0 Å². The highest BCUT2D eigenvalue weighted by Crippen LogP contribution is 2.39. The van der Waals surface area contributed by atoms with Gasteiger partial charge in [0, 0.05) is 12.1 Å². The van der Waals surface area contributed by atoms with Crippen molar-refractivity contribution in [2.24, 2.45) is 0 Å². The van der Waals surface area contributed by atoms with Gasteiger partial charge in [-0.05, 0) is 6.08 Å². The second kappa shape index (κ2) is 5.36. The highest BCUT2D eigenvalue weighted by molar-refractivity contribution is 5.88. The van der Waals surface area contributed by atoms with E-state index in [1.165, 1.54) is 6.07 Å². The van der Waals surface area contributed by atoms with Crippen molar-refractivity contribution in [3.8, 4) is 17.2 Å². The minimum Gasteiger partial charge on any atom is -0.504 e. The summed E-state index contributed by atoms with van der Waals surface area (Å²) in [6, 6.07) is 2.25. The lowest BCUT2D eigenvalue weighted by Gasteiger charge is -2.05. The van der Waals surface area contributed by atoms with Crippen LogP contribution in [0, 0.1) is 0 Å². The van der Waals surface area contributed by atoms with Gasteiger partial charge < -0.3 is 19.7 Å². The molecule has 3 N–H and O–H groups in total. The Morgan fingerprint density at radius 3 is 2.50 bits per heavy atom. The zero-order valence-corrected chi connectivity index (χ0v) is 10.4. The molecule has 0 saturated heterocycles. The van der Waals surface area contributed by atoms with Gasteiger partial charge in [0.1, 0.15) is 16.7 Å². The molecule has 0 aliphatic rings. The Kier molecular flexibility index (Phi) is 3.61. The van der Waals surface area contributed by atoms with E-state index in [4.69, 9.17) is 4.42 Å². The van der Waals surface area contributed by atoms with E-state index < -0.39 is 22.7 Å². The highest BCUT2D eigenvalue weighted by atomic mass is 16.3. The fourth-order valence-corrected chi connectivity index (χ4v) is 1.67. The monoisotopic (exact) mass is 272 g/mol. The summed E-state index contributed by atoms with van der Waals surface area (Å²) in [5.74, 6) is -1.76. The fourth-order valence-electron chi connectivity index (χ4n) is 1.67. The summed E-state index contributed by atoms with van der Waals surface area (Å²) in [5, 5.41) is 28.3. The normalized spacial score (nSPS) is 11.6. The molecule has 0 fully saturated rings. The van der Waals surface area contributed by atoms with Gasteiger partial charge in [-0.25, -0.2) is 0 Å². The van der Waals surface area contributed by atoms with Crippen LogP contribution >= 0.6 is 0 Å². The topological polar surface area (TPSA) is 90.9 Å². The zero-order valence-electron chi connectivity index (χ0n) is 10.4. The van der Waals surface area contributed by atoms with Gasteiger partial charge >= 0.3 is 0 Å². The zero-order chi connectivity index (χ0) is 14.7. The number of aromatic hydroxyl groups is 3. The lowest BCUT2D eigenvalue weighted by Crippen LogP contribution is -2.00. The maximum Gasteiger partial charge on any atom is 0.201 e.